The van der Waals surface area contributed by atoms with Crippen molar-refractivity contribution in [3.05, 3.63) is 36.3 Å². The molecule has 106 valence electrons. The molecule has 6 nitrogen and oxygen atoms in total. The molecule has 0 saturated carbocycles. The molecule has 0 aromatic carbocycles. The number of pyridine rings is 1. The molecule has 2 N–H and O–H groups in total. The second-order valence-electron chi connectivity index (χ2n) is 4.73. The van der Waals surface area contributed by atoms with Gasteiger partial charge in [0.2, 0.25) is 5.91 Å². The van der Waals surface area contributed by atoms with Crippen LogP contribution in [0.15, 0.2) is 30.7 Å². The highest BCUT2D eigenvalue weighted by Crippen LogP contribution is 2.19. The number of carbonyl (C=O) groups excluding carboxylic acids is 1. The van der Waals surface area contributed by atoms with E-state index in [4.69, 9.17) is 0 Å². The number of hydrogen-bond acceptors (Lipinski definition) is 4. The predicted octanol–water partition coefficient (Wildman–Crippen LogP) is 1.04. The highest BCUT2D eigenvalue weighted by Gasteiger charge is 2.08. The van der Waals surface area contributed by atoms with E-state index in [0.29, 0.717) is 19.5 Å². The Morgan fingerprint density at radius 1 is 1.40 bits per heavy atom. The van der Waals surface area contributed by atoms with E-state index in [-0.39, 0.29) is 5.91 Å². The molecule has 0 fully saturated rings. The molecule has 2 aromatic heterocycles. The first-order chi connectivity index (χ1) is 9.68. The van der Waals surface area contributed by atoms with Crippen molar-refractivity contribution >= 4 is 5.91 Å². The fraction of sp³-hybridized carbons (Fsp3) is 0.357. The summed E-state index contributed by atoms with van der Waals surface area (Å²) in [5.41, 5.74) is 3.03. The van der Waals surface area contributed by atoms with Gasteiger partial charge < -0.3 is 10.2 Å². The Morgan fingerprint density at radius 3 is 2.95 bits per heavy atom. The highest BCUT2D eigenvalue weighted by molar-refractivity contribution is 5.75. The van der Waals surface area contributed by atoms with Gasteiger partial charge in [-0.1, -0.05) is 0 Å². The summed E-state index contributed by atoms with van der Waals surface area (Å²) >= 11 is 0. The van der Waals surface area contributed by atoms with Gasteiger partial charge in [-0.2, -0.15) is 5.10 Å². The van der Waals surface area contributed by atoms with Crippen molar-refractivity contribution in [3.8, 4) is 11.3 Å². The van der Waals surface area contributed by atoms with Crippen LogP contribution in [0.5, 0.6) is 0 Å². The van der Waals surface area contributed by atoms with Crippen molar-refractivity contribution in [1.82, 2.24) is 25.4 Å². The van der Waals surface area contributed by atoms with E-state index in [9.17, 15) is 4.79 Å². The molecule has 0 saturated heterocycles. The molecule has 0 unspecified atom stereocenters. The molecule has 0 aliphatic heterocycles. The fourth-order valence-electron chi connectivity index (χ4n) is 1.85. The first kappa shape index (κ1) is 14.2. The van der Waals surface area contributed by atoms with Gasteiger partial charge in [0.1, 0.15) is 0 Å². The molecule has 0 spiro atoms. The van der Waals surface area contributed by atoms with Gasteiger partial charge >= 0.3 is 0 Å². The lowest BCUT2D eigenvalue weighted by Crippen LogP contribution is -2.26. The number of hydrogen-bond donors (Lipinski definition) is 2. The lowest BCUT2D eigenvalue weighted by atomic mass is 10.1. The normalized spacial score (nSPS) is 10.5. The standard InChI is InChI=1S/C14H19N5O/c1-19(2)13(20)5-7-16-9-12-10-17-18-14(12)11-4-3-6-15-8-11/h3-4,6,8,10,16H,5,7,9H2,1-2H3,(H,17,18). The van der Waals surface area contributed by atoms with E-state index in [1.807, 2.05) is 12.1 Å². The lowest BCUT2D eigenvalue weighted by molar-refractivity contribution is -0.128. The van der Waals surface area contributed by atoms with Crippen LogP contribution in [-0.2, 0) is 11.3 Å². The van der Waals surface area contributed by atoms with Crippen LogP contribution in [0.4, 0.5) is 0 Å². The minimum absolute atomic E-state index is 0.122. The molecule has 6 heteroatoms. The SMILES string of the molecule is CN(C)C(=O)CCNCc1cn[nH]c1-c1cccnc1. The zero-order valence-corrected chi connectivity index (χ0v) is 11.8. The summed E-state index contributed by atoms with van der Waals surface area (Å²) in [7, 11) is 3.53. The number of rotatable bonds is 6. The number of amides is 1. The molecule has 2 rings (SSSR count). The van der Waals surface area contributed by atoms with Crippen molar-refractivity contribution in [2.45, 2.75) is 13.0 Å². The van der Waals surface area contributed by atoms with Gasteiger partial charge in [-0.05, 0) is 12.1 Å². The molecule has 0 radical (unpaired) electrons. The summed E-state index contributed by atoms with van der Waals surface area (Å²) in [5, 5.41) is 10.3. The molecular weight excluding hydrogens is 254 g/mol. The van der Waals surface area contributed by atoms with Gasteiger partial charge in [0, 0.05) is 57.1 Å². The summed E-state index contributed by atoms with van der Waals surface area (Å²) in [6.45, 7) is 1.32. The van der Waals surface area contributed by atoms with Gasteiger partial charge in [0.25, 0.3) is 0 Å². The predicted molar refractivity (Wildman–Crippen MR) is 76.8 cm³/mol. The molecule has 0 atom stereocenters. The highest BCUT2D eigenvalue weighted by atomic mass is 16.2. The van der Waals surface area contributed by atoms with Crippen LogP contribution in [0.2, 0.25) is 0 Å². The zero-order chi connectivity index (χ0) is 14.4. The van der Waals surface area contributed by atoms with Crippen molar-refractivity contribution in [2.75, 3.05) is 20.6 Å². The third-order valence-corrected chi connectivity index (χ3v) is 3.00. The van der Waals surface area contributed by atoms with E-state index >= 15 is 0 Å². The Balaban J connectivity index is 1.89. The van der Waals surface area contributed by atoms with Crippen LogP contribution >= 0.6 is 0 Å². The molecule has 2 heterocycles. The Bertz CT molecular complexity index is 550. The van der Waals surface area contributed by atoms with E-state index in [1.54, 1.807) is 37.6 Å². The lowest BCUT2D eigenvalue weighted by Gasteiger charge is -2.10. The maximum Gasteiger partial charge on any atom is 0.223 e. The van der Waals surface area contributed by atoms with Crippen molar-refractivity contribution in [1.29, 1.82) is 0 Å². The Hall–Kier alpha value is -2.21. The van der Waals surface area contributed by atoms with Crippen molar-refractivity contribution < 1.29 is 4.79 Å². The number of H-pyrrole nitrogens is 1. The Labute approximate surface area is 118 Å². The van der Waals surface area contributed by atoms with Gasteiger partial charge in [-0.15, -0.1) is 0 Å². The van der Waals surface area contributed by atoms with Crippen LogP contribution in [0, 0.1) is 0 Å². The zero-order valence-electron chi connectivity index (χ0n) is 11.8. The first-order valence-electron chi connectivity index (χ1n) is 6.52. The molecule has 0 bridgehead atoms. The number of carbonyl (C=O) groups is 1. The minimum atomic E-state index is 0.122. The summed E-state index contributed by atoms with van der Waals surface area (Å²) in [5.74, 6) is 0.122. The Kier molecular flexibility index (Phi) is 4.84. The monoisotopic (exact) mass is 273 g/mol. The molecule has 0 aliphatic carbocycles. The fourth-order valence-corrected chi connectivity index (χ4v) is 1.85. The van der Waals surface area contributed by atoms with Gasteiger partial charge in [0.05, 0.1) is 11.9 Å². The van der Waals surface area contributed by atoms with E-state index in [2.05, 4.69) is 20.5 Å². The quantitative estimate of drug-likeness (QED) is 0.771. The summed E-state index contributed by atoms with van der Waals surface area (Å²) in [4.78, 5) is 17.2. The Morgan fingerprint density at radius 2 is 2.25 bits per heavy atom. The molecule has 2 aromatic rings. The number of nitrogens with one attached hydrogen (secondary N) is 2. The average Bonchev–Trinajstić information content (AvgIpc) is 2.92. The molecule has 1 amide bonds. The summed E-state index contributed by atoms with van der Waals surface area (Å²) in [6, 6.07) is 3.88. The van der Waals surface area contributed by atoms with Crippen LogP contribution in [0.1, 0.15) is 12.0 Å². The van der Waals surface area contributed by atoms with Gasteiger partial charge in [0.15, 0.2) is 0 Å². The number of aromatic nitrogens is 3. The number of nitrogens with zero attached hydrogens (tertiary/aromatic N) is 3. The molecule has 0 aliphatic rings. The maximum absolute atomic E-state index is 11.5. The largest absolute Gasteiger partial charge is 0.349 e. The van der Waals surface area contributed by atoms with Crippen molar-refractivity contribution in [3.63, 3.8) is 0 Å². The van der Waals surface area contributed by atoms with Crippen LogP contribution in [-0.4, -0.2) is 46.6 Å². The van der Waals surface area contributed by atoms with Gasteiger partial charge in [-0.3, -0.25) is 14.9 Å². The van der Waals surface area contributed by atoms with Crippen molar-refractivity contribution in [2.24, 2.45) is 0 Å². The molecule has 20 heavy (non-hydrogen) atoms. The van der Waals surface area contributed by atoms with E-state index in [1.165, 1.54) is 0 Å². The second-order valence-corrected chi connectivity index (χ2v) is 4.73. The first-order valence-corrected chi connectivity index (χ1v) is 6.52. The summed E-state index contributed by atoms with van der Waals surface area (Å²) < 4.78 is 0. The van der Waals surface area contributed by atoms with E-state index in [0.717, 1.165) is 16.8 Å². The third-order valence-electron chi connectivity index (χ3n) is 3.00. The minimum Gasteiger partial charge on any atom is -0.349 e. The van der Waals surface area contributed by atoms with Crippen LogP contribution < -0.4 is 5.32 Å². The summed E-state index contributed by atoms with van der Waals surface area (Å²) in [6.07, 6.45) is 5.83. The molecular formula is C14H19N5O. The van der Waals surface area contributed by atoms with E-state index < -0.39 is 0 Å². The topological polar surface area (TPSA) is 73.9 Å². The van der Waals surface area contributed by atoms with Crippen LogP contribution in [0.3, 0.4) is 0 Å². The maximum atomic E-state index is 11.5. The van der Waals surface area contributed by atoms with Crippen LogP contribution in [0.25, 0.3) is 11.3 Å². The van der Waals surface area contributed by atoms with Gasteiger partial charge in [-0.25, -0.2) is 0 Å². The third kappa shape index (κ3) is 3.64. The smallest absolute Gasteiger partial charge is 0.223 e. The second kappa shape index (κ2) is 6.81. The average molecular weight is 273 g/mol. The number of aromatic amines is 1.